The van der Waals surface area contributed by atoms with Crippen LogP contribution in [0.3, 0.4) is 0 Å². The second-order valence-corrected chi connectivity index (χ2v) is 7.87. The molecule has 9 heteroatoms. The van der Waals surface area contributed by atoms with Gasteiger partial charge >= 0.3 is 0 Å². The second kappa shape index (κ2) is 7.70. The van der Waals surface area contributed by atoms with Gasteiger partial charge in [0.2, 0.25) is 0 Å². The molecular formula is C22H18ClFN4O3. The number of aryl methyl sites for hydroxylation is 2. The zero-order valence-corrected chi connectivity index (χ0v) is 17.4. The van der Waals surface area contributed by atoms with Gasteiger partial charge in [-0.25, -0.2) is 4.39 Å². The number of carbonyl (C=O) groups excluding carboxylic acids is 1. The van der Waals surface area contributed by atoms with Crippen LogP contribution in [0, 0.1) is 12.7 Å². The summed E-state index contributed by atoms with van der Waals surface area (Å²) in [4.78, 5) is 12.7. The Labute approximate surface area is 181 Å². The predicted molar refractivity (Wildman–Crippen MR) is 110 cm³/mol. The van der Waals surface area contributed by atoms with Crippen molar-refractivity contribution in [3.63, 3.8) is 0 Å². The Morgan fingerprint density at radius 1 is 1.32 bits per heavy atom. The standard InChI is InChI=1S/C22H18ClFN4O3/c1-12-19-18(31-21(12)22(29)25-9-16-6-7-30-27-16)5-3-14-11-28(26-20(14)19)10-13-2-4-15(24)8-17(13)23/h2,4,6-8,11H,3,5,9-10H2,1H3,(H,25,29). The highest BCUT2D eigenvalue weighted by Gasteiger charge is 2.29. The third-order valence-electron chi connectivity index (χ3n) is 5.39. The summed E-state index contributed by atoms with van der Waals surface area (Å²) in [5, 5.41) is 11.7. The summed E-state index contributed by atoms with van der Waals surface area (Å²) < 4.78 is 25.8. The van der Waals surface area contributed by atoms with Gasteiger partial charge in [0.15, 0.2) is 5.76 Å². The maximum absolute atomic E-state index is 13.3. The van der Waals surface area contributed by atoms with Crippen LogP contribution < -0.4 is 5.32 Å². The minimum absolute atomic E-state index is 0.248. The number of aromatic nitrogens is 3. The summed E-state index contributed by atoms with van der Waals surface area (Å²) in [6.45, 7) is 2.53. The first-order chi connectivity index (χ1) is 15.0. The fourth-order valence-corrected chi connectivity index (χ4v) is 4.09. The first kappa shape index (κ1) is 19.6. The highest BCUT2D eigenvalue weighted by Crippen LogP contribution is 2.38. The van der Waals surface area contributed by atoms with Crippen molar-refractivity contribution in [2.75, 3.05) is 0 Å². The normalized spacial score (nSPS) is 12.5. The van der Waals surface area contributed by atoms with E-state index >= 15 is 0 Å². The van der Waals surface area contributed by atoms with Gasteiger partial charge in [-0.2, -0.15) is 5.10 Å². The third kappa shape index (κ3) is 3.63. The monoisotopic (exact) mass is 440 g/mol. The van der Waals surface area contributed by atoms with Gasteiger partial charge in [0.05, 0.1) is 18.8 Å². The molecule has 3 aromatic heterocycles. The minimum atomic E-state index is -0.374. The number of nitrogens with one attached hydrogen (secondary N) is 1. The molecule has 1 aliphatic carbocycles. The van der Waals surface area contributed by atoms with Crippen molar-refractivity contribution in [3.05, 3.63) is 81.5 Å². The number of benzene rings is 1. The van der Waals surface area contributed by atoms with Gasteiger partial charge in [0.25, 0.3) is 5.91 Å². The fourth-order valence-electron chi connectivity index (χ4n) is 3.87. The summed E-state index contributed by atoms with van der Waals surface area (Å²) in [6, 6.07) is 6.02. The van der Waals surface area contributed by atoms with E-state index in [9.17, 15) is 9.18 Å². The van der Waals surface area contributed by atoms with Crippen LogP contribution in [-0.2, 0) is 25.9 Å². The number of halogens is 2. The van der Waals surface area contributed by atoms with E-state index in [2.05, 4.69) is 10.5 Å². The molecule has 31 heavy (non-hydrogen) atoms. The molecule has 1 aromatic carbocycles. The number of carbonyl (C=O) groups is 1. The van der Waals surface area contributed by atoms with Crippen LogP contribution >= 0.6 is 11.6 Å². The Kier molecular flexibility index (Phi) is 4.86. The van der Waals surface area contributed by atoms with Gasteiger partial charge in [-0.05, 0) is 36.6 Å². The molecule has 0 fully saturated rings. The maximum Gasteiger partial charge on any atom is 0.287 e. The first-order valence-corrected chi connectivity index (χ1v) is 10.2. The maximum atomic E-state index is 13.3. The van der Waals surface area contributed by atoms with Gasteiger partial charge in [-0.3, -0.25) is 9.48 Å². The van der Waals surface area contributed by atoms with E-state index in [1.54, 1.807) is 16.8 Å². The molecule has 3 heterocycles. The van der Waals surface area contributed by atoms with E-state index in [1.165, 1.54) is 18.4 Å². The van der Waals surface area contributed by atoms with Crippen LogP contribution in [0.2, 0.25) is 5.02 Å². The summed E-state index contributed by atoms with van der Waals surface area (Å²) in [5.41, 5.74) is 4.89. The molecule has 0 aliphatic heterocycles. The van der Waals surface area contributed by atoms with Crippen molar-refractivity contribution in [2.45, 2.75) is 32.9 Å². The van der Waals surface area contributed by atoms with Gasteiger partial charge in [0, 0.05) is 34.8 Å². The van der Waals surface area contributed by atoms with Crippen LogP contribution in [0.25, 0.3) is 11.3 Å². The largest absolute Gasteiger partial charge is 0.455 e. The molecule has 1 amide bonds. The van der Waals surface area contributed by atoms with Crippen LogP contribution in [-0.4, -0.2) is 20.8 Å². The number of fused-ring (bicyclic) bond motifs is 3. The van der Waals surface area contributed by atoms with Crippen LogP contribution in [0.5, 0.6) is 0 Å². The Balaban J connectivity index is 1.41. The van der Waals surface area contributed by atoms with Crippen molar-refractivity contribution in [3.8, 4) is 11.3 Å². The zero-order chi connectivity index (χ0) is 21.5. The van der Waals surface area contributed by atoms with Crippen molar-refractivity contribution in [1.29, 1.82) is 0 Å². The molecule has 0 radical (unpaired) electrons. The molecule has 0 spiro atoms. The highest BCUT2D eigenvalue weighted by atomic mass is 35.5. The number of furan rings is 1. The molecule has 1 N–H and O–H groups in total. The van der Waals surface area contributed by atoms with Crippen molar-refractivity contribution < 1.29 is 18.1 Å². The highest BCUT2D eigenvalue weighted by molar-refractivity contribution is 6.31. The molecule has 1 aliphatic rings. The van der Waals surface area contributed by atoms with Crippen molar-refractivity contribution in [2.24, 2.45) is 0 Å². The van der Waals surface area contributed by atoms with Crippen LogP contribution in [0.4, 0.5) is 4.39 Å². The molecule has 0 atom stereocenters. The number of rotatable bonds is 5. The molecule has 5 rings (SSSR count). The molecule has 0 bridgehead atoms. The lowest BCUT2D eigenvalue weighted by Crippen LogP contribution is -2.23. The average Bonchev–Trinajstić information content (AvgIpc) is 3.47. The summed E-state index contributed by atoms with van der Waals surface area (Å²) in [5.74, 6) is 0.342. The number of hydrogen-bond acceptors (Lipinski definition) is 5. The zero-order valence-electron chi connectivity index (χ0n) is 16.6. The Morgan fingerprint density at radius 3 is 2.97 bits per heavy atom. The molecule has 158 valence electrons. The van der Waals surface area contributed by atoms with Crippen LogP contribution in [0.1, 0.15) is 38.7 Å². The van der Waals surface area contributed by atoms with E-state index in [0.29, 0.717) is 23.7 Å². The van der Waals surface area contributed by atoms with Crippen LogP contribution in [0.15, 0.2) is 45.7 Å². The quantitative estimate of drug-likeness (QED) is 0.499. The summed E-state index contributed by atoms with van der Waals surface area (Å²) in [7, 11) is 0. The lowest BCUT2D eigenvalue weighted by atomic mass is 9.93. The number of hydrogen-bond donors (Lipinski definition) is 1. The lowest BCUT2D eigenvalue weighted by Gasteiger charge is -2.09. The van der Waals surface area contributed by atoms with Gasteiger partial charge in [0.1, 0.15) is 23.5 Å². The summed E-state index contributed by atoms with van der Waals surface area (Å²) in [6.07, 6.45) is 4.86. The van der Waals surface area contributed by atoms with Crippen molar-refractivity contribution in [1.82, 2.24) is 20.3 Å². The second-order valence-electron chi connectivity index (χ2n) is 7.46. The van der Waals surface area contributed by atoms with Gasteiger partial charge in [-0.15, -0.1) is 0 Å². The lowest BCUT2D eigenvalue weighted by molar-refractivity contribution is 0.0919. The molecule has 0 saturated heterocycles. The molecular weight excluding hydrogens is 423 g/mol. The molecule has 7 nitrogen and oxygen atoms in total. The predicted octanol–water partition coefficient (Wildman–Crippen LogP) is 4.31. The minimum Gasteiger partial charge on any atom is -0.455 e. The topological polar surface area (TPSA) is 86.1 Å². The summed E-state index contributed by atoms with van der Waals surface area (Å²) >= 11 is 6.17. The first-order valence-electron chi connectivity index (χ1n) is 9.80. The number of amides is 1. The van der Waals surface area contributed by atoms with E-state index in [4.69, 9.17) is 25.6 Å². The Hall–Kier alpha value is -3.39. The Bertz CT molecular complexity index is 1280. The van der Waals surface area contributed by atoms with E-state index < -0.39 is 0 Å². The molecule has 0 unspecified atom stereocenters. The smallest absolute Gasteiger partial charge is 0.287 e. The van der Waals surface area contributed by atoms with E-state index in [1.807, 2.05) is 13.1 Å². The van der Waals surface area contributed by atoms with Gasteiger partial charge in [-0.1, -0.05) is 22.8 Å². The molecule has 0 saturated carbocycles. The van der Waals surface area contributed by atoms with E-state index in [-0.39, 0.29) is 24.0 Å². The third-order valence-corrected chi connectivity index (χ3v) is 5.74. The number of nitrogens with zero attached hydrogens (tertiary/aromatic N) is 3. The Morgan fingerprint density at radius 2 is 2.19 bits per heavy atom. The fraction of sp³-hybridized carbons (Fsp3) is 0.227. The van der Waals surface area contributed by atoms with Crippen molar-refractivity contribution >= 4 is 17.5 Å². The SMILES string of the molecule is Cc1c(C(=O)NCc2ccon2)oc2c1-c1nn(Cc3ccc(F)cc3Cl)cc1CC2. The average molecular weight is 441 g/mol. The van der Waals surface area contributed by atoms with E-state index in [0.717, 1.165) is 40.1 Å². The molecule has 4 aromatic rings. The van der Waals surface area contributed by atoms with Gasteiger partial charge < -0.3 is 14.3 Å².